The van der Waals surface area contributed by atoms with Gasteiger partial charge in [-0.1, -0.05) is 327 Å². The SMILES string of the molecule is CC(C)(C)c1ccc(-c2ccc(-c3ccc(C(C)(C)C)cc3)c(N3c4cc(-n5c6ccccc6c6cc(C(C)(C)C)ccc65)ccc4B4c5ccc(-n6c7ccccc7c7cc(C(C)(C)C)ccc76)cc5N(c5cc(-c6ccc(C(C)(C)C)cc6)ccc5-c5ccc(C(C)(C)C)cc5)c5cc(C(C)(C)C)cc3c54)c2)cc1. The maximum absolute atomic E-state index is 2.72. The summed E-state index contributed by atoms with van der Waals surface area (Å²) >= 11 is 0. The van der Waals surface area contributed by atoms with Gasteiger partial charge in [-0.3, -0.25) is 0 Å². The number of fused-ring (bicyclic) bond motifs is 10. The second-order valence-electron chi connectivity index (χ2n) is 39.2. The fourth-order valence-corrected chi connectivity index (χ4v) is 17.5. The maximum Gasteiger partial charge on any atom is 0.252 e. The summed E-state index contributed by atoms with van der Waals surface area (Å²) in [5, 5.41) is 5.01. The van der Waals surface area contributed by atoms with E-state index >= 15 is 0 Å². The van der Waals surface area contributed by atoms with Crippen LogP contribution in [0.15, 0.2) is 267 Å². The summed E-state index contributed by atoms with van der Waals surface area (Å²) in [6.07, 6.45) is 0. The highest BCUT2D eigenvalue weighted by molar-refractivity contribution is 7.00. The van der Waals surface area contributed by atoms with Crippen LogP contribution >= 0.6 is 0 Å². The Labute approximate surface area is 660 Å². The van der Waals surface area contributed by atoms with E-state index in [2.05, 4.69) is 431 Å². The van der Waals surface area contributed by atoms with E-state index in [-0.39, 0.29) is 44.6 Å². The summed E-state index contributed by atoms with van der Waals surface area (Å²) in [6, 6.07) is 105. The zero-order chi connectivity index (χ0) is 78.1. The molecule has 4 nitrogen and oxygen atoms in total. The second-order valence-corrected chi connectivity index (χ2v) is 39.2. The van der Waals surface area contributed by atoms with E-state index in [1.54, 1.807) is 0 Å². The molecule has 554 valence electrons. The van der Waals surface area contributed by atoms with E-state index in [1.165, 1.54) is 133 Å². The Morgan fingerprint density at radius 3 is 0.838 bits per heavy atom. The van der Waals surface area contributed by atoms with Crippen molar-refractivity contribution in [2.45, 2.75) is 183 Å². The lowest BCUT2D eigenvalue weighted by molar-refractivity contribution is 0.590. The summed E-state index contributed by atoms with van der Waals surface area (Å²) in [5.41, 5.74) is 35.5. The lowest BCUT2D eigenvalue weighted by Gasteiger charge is -2.46. The summed E-state index contributed by atoms with van der Waals surface area (Å²) in [6.45, 7) is 48.7. The highest BCUT2D eigenvalue weighted by atomic mass is 15.2. The van der Waals surface area contributed by atoms with Crippen LogP contribution in [0.3, 0.4) is 0 Å². The molecule has 2 aliphatic rings. The monoisotopic (exact) mass is 1450 g/mol. The zero-order valence-corrected chi connectivity index (χ0v) is 69.3. The van der Waals surface area contributed by atoms with E-state index in [0.29, 0.717) is 0 Å². The molecule has 4 heterocycles. The van der Waals surface area contributed by atoms with E-state index in [0.717, 1.165) is 56.4 Å². The largest absolute Gasteiger partial charge is 0.311 e. The fourth-order valence-electron chi connectivity index (χ4n) is 17.5. The van der Waals surface area contributed by atoms with Crippen LogP contribution in [0.25, 0.3) is 99.5 Å². The first kappa shape index (κ1) is 73.0. The summed E-state index contributed by atoms with van der Waals surface area (Å²) in [7, 11) is 0. The molecule has 0 fully saturated rings. The van der Waals surface area contributed by atoms with Gasteiger partial charge in [0.15, 0.2) is 0 Å². The predicted molar refractivity (Wildman–Crippen MR) is 482 cm³/mol. The van der Waals surface area contributed by atoms with Crippen LogP contribution in [0.5, 0.6) is 0 Å². The number of hydrogen-bond donors (Lipinski definition) is 0. The van der Waals surface area contributed by atoms with Crippen LogP contribution in [-0.2, 0) is 37.9 Å². The molecular weight excluding hydrogens is 1340 g/mol. The minimum Gasteiger partial charge on any atom is -0.311 e. The molecule has 15 aromatic rings. The molecule has 0 saturated carbocycles. The van der Waals surface area contributed by atoms with Crippen LogP contribution < -0.4 is 26.2 Å². The summed E-state index contributed by atoms with van der Waals surface area (Å²) < 4.78 is 5.08. The van der Waals surface area contributed by atoms with Crippen molar-refractivity contribution in [2.75, 3.05) is 9.80 Å². The van der Waals surface area contributed by atoms with Crippen LogP contribution in [0.4, 0.5) is 34.1 Å². The quantitative estimate of drug-likeness (QED) is 0.141. The van der Waals surface area contributed by atoms with Gasteiger partial charge in [0, 0.05) is 66.8 Å². The van der Waals surface area contributed by atoms with Gasteiger partial charge in [-0.05, 0) is 212 Å². The maximum atomic E-state index is 2.72. The van der Waals surface area contributed by atoms with Gasteiger partial charge in [-0.2, -0.15) is 0 Å². The van der Waals surface area contributed by atoms with Crippen molar-refractivity contribution in [3.8, 4) is 55.9 Å². The van der Waals surface area contributed by atoms with Gasteiger partial charge < -0.3 is 18.9 Å². The van der Waals surface area contributed by atoms with Crippen LogP contribution in [-0.4, -0.2) is 15.8 Å². The molecule has 0 saturated heterocycles. The normalized spacial score (nSPS) is 13.6. The number of rotatable bonds is 8. The number of anilines is 6. The van der Waals surface area contributed by atoms with Gasteiger partial charge in [0.25, 0.3) is 6.71 Å². The first-order chi connectivity index (χ1) is 52.4. The average molecular weight is 1450 g/mol. The Hall–Kier alpha value is -10.9. The molecule has 5 heteroatoms. The Morgan fingerprint density at radius 1 is 0.207 bits per heavy atom. The first-order valence-corrected chi connectivity index (χ1v) is 40.3. The van der Waals surface area contributed by atoms with Gasteiger partial charge >= 0.3 is 0 Å². The zero-order valence-electron chi connectivity index (χ0n) is 69.3. The summed E-state index contributed by atoms with van der Waals surface area (Å²) in [4.78, 5) is 5.44. The number of aromatic nitrogens is 2. The number of para-hydroxylation sites is 2. The third kappa shape index (κ3) is 12.7. The van der Waals surface area contributed by atoms with Gasteiger partial charge in [-0.15, -0.1) is 0 Å². The number of hydrogen-bond acceptors (Lipinski definition) is 2. The topological polar surface area (TPSA) is 16.3 Å². The molecule has 17 rings (SSSR count). The molecule has 13 aromatic carbocycles. The Morgan fingerprint density at radius 2 is 0.505 bits per heavy atom. The van der Waals surface area contributed by atoms with Gasteiger partial charge in [0.1, 0.15) is 0 Å². The minimum absolute atomic E-state index is 0.00677. The molecule has 0 amide bonds. The molecule has 0 spiro atoms. The van der Waals surface area contributed by atoms with Crippen molar-refractivity contribution in [1.29, 1.82) is 0 Å². The van der Waals surface area contributed by atoms with E-state index in [4.69, 9.17) is 0 Å². The van der Waals surface area contributed by atoms with Crippen molar-refractivity contribution in [2.24, 2.45) is 0 Å². The van der Waals surface area contributed by atoms with Gasteiger partial charge in [0.2, 0.25) is 0 Å². The van der Waals surface area contributed by atoms with Crippen LogP contribution in [0.1, 0.15) is 184 Å². The third-order valence-corrected chi connectivity index (χ3v) is 24.3. The van der Waals surface area contributed by atoms with E-state index < -0.39 is 0 Å². The molecule has 111 heavy (non-hydrogen) atoms. The van der Waals surface area contributed by atoms with Crippen molar-refractivity contribution < 1.29 is 0 Å². The standard InChI is InChI=1S/C106H107BN4/c1-100(2,3)72-40-30-66(31-41-72)70-38-52-81(68-34-44-74(45-35-68)102(7,8)9)93(58-70)110-95-64-79(108-89-28-24-22-26-83(89)85-60-76(104(13,14)15)48-56-91(85)108)50-54-87(95)107-88-55-51-80(109-90-29-25-23-27-84(90)86-61-77(105(16,17)18)49-57-92(86)109)65-96(88)111(98-63-78(106(19,20)21)62-97(110)99(98)107)94-59-71(67-32-42-73(43-33-67)101(4,5)6)39-53-82(94)69-36-46-75(47-37-69)103(10,11)12/h22-65H,1-21H3. The van der Waals surface area contributed by atoms with E-state index in [1.807, 2.05) is 0 Å². The molecule has 2 aliphatic heterocycles. The second kappa shape index (κ2) is 25.9. The van der Waals surface area contributed by atoms with Crippen molar-refractivity contribution in [3.63, 3.8) is 0 Å². The minimum atomic E-state index is -0.323. The van der Waals surface area contributed by atoms with Gasteiger partial charge in [0.05, 0.1) is 33.4 Å². The molecule has 0 N–H and O–H groups in total. The molecule has 0 bridgehead atoms. The Balaban J connectivity index is 1.02. The van der Waals surface area contributed by atoms with Crippen LogP contribution in [0.2, 0.25) is 0 Å². The smallest absolute Gasteiger partial charge is 0.252 e. The molecular formula is C106H107BN4. The highest BCUT2D eigenvalue weighted by Gasteiger charge is 2.46. The Kier molecular flexibility index (Phi) is 17.0. The number of benzene rings is 13. The van der Waals surface area contributed by atoms with Gasteiger partial charge in [-0.25, -0.2) is 0 Å². The first-order valence-electron chi connectivity index (χ1n) is 40.3. The van der Waals surface area contributed by atoms with Crippen molar-refractivity contribution in [1.82, 2.24) is 9.13 Å². The fraction of sp³-hybridized carbons (Fsp3) is 0.264. The number of nitrogens with zero attached hydrogens (tertiary/aromatic N) is 4. The van der Waals surface area contributed by atoms with Crippen LogP contribution in [0, 0.1) is 0 Å². The molecule has 2 aromatic heterocycles. The third-order valence-electron chi connectivity index (χ3n) is 24.3. The molecule has 0 aliphatic carbocycles. The van der Waals surface area contributed by atoms with Crippen molar-refractivity contribution in [3.05, 3.63) is 306 Å². The average Bonchev–Trinajstić information content (AvgIpc) is 0.889. The summed E-state index contributed by atoms with van der Waals surface area (Å²) in [5.74, 6) is 0. The van der Waals surface area contributed by atoms with Crippen molar-refractivity contribution >= 4 is 101 Å². The molecule has 0 atom stereocenters. The molecule has 0 radical (unpaired) electrons. The lowest BCUT2D eigenvalue weighted by Crippen LogP contribution is -2.61. The molecule has 0 unspecified atom stereocenters. The lowest BCUT2D eigenvalue weighted by atomic mass is 9.33. The van der Waals surface area contributed by atoms with E-state index in [9.17, 15) is 0 Å². The predicted octanol–water partition coefficient (Wildman–Crippen LogP) is 27.7. The highest BCUT2D eigenvalue weighted by Crippen LogP contribution is 2.53. The Bertz CT molecular complexity index is 5830.